The summed E-state index contributed by atoms with van der Waals surface area (Å²) in [6.07, 6.45) is 0. The fraction of sp³-hybridized carbons (Fsp3) is 0. The maximum atomic E-state index is 11.4. The first-order valence-electron chi connectivity index (χ1n) is 11.0. The summed E-state index contributed by atoms with van der Waals surface area (Å²) in [5.41, 5.74) is 11.3. The van der Waals surface area contributed by atoms with Crippen LogP contribution in [-0.4, -0.2) is 19.7 Å². The highest BCUT2D eigenvalue weighted by Gasteiger charge is 2.23. The van der Waals surface area contributed by atoms with E-state index < -0.39 is 42.4 Å². The molecule has 0 heterocycles. The molecule has 0 amide bonds. The van der Waals surface area contributed by atoms with Crippen molar-refractivity contribution >= 4 is 34.1 Å². The monoisotopic (exact) mass is 548 g/mol. The molecular formula is C24H16N6O10. The molecule has 16 heteroatoms. The lowest BCUT2D eigenvalue weighted by Gasteiger charge is -2.13. The molecular weight excluding hydrogens is 532 g/mol. The van der Waals surface area contributed by atoms with E-state index >= 15 is 0 Å². The normalized spacial score (nSPS) is 10.5. The van der Waals surface area contributed by atoms with Gasteiger partial charge in [-0.2, -0.15) is 0 Å². The molecule has 0 aliphatic carbocycles. The standard InChI is InChI=1S/C24H16N6O10/c25-17-9-13(1-5-21(17)39-23-7-3-15(27(31)32)11-19(23)29(35)36)14-2-6-22(18(26)10-14)40-24-8-4-16(28(33)34)12-20(24)30(37)38/h1-12H,25-26H2. The molecule has 0 saturated heterocycles. The SMILES string of the molecule is Nc1cc(-c2ccc(Oc3ccc([N+](=O)[O-])cc3[N+](=O)[O-])c(N)c2)ccc1Oc1ccc([N+](=O)[O-])cc1[N+](=O)[O-]. The topological polar surface area (TPSA) is 243 Å². The Labute approximate surface area is 222 Å². The van der Waals surface area contributed by atoms with E-state index in [1.54, 1.807) is 12.1 Å². The van der Waals surface area contributed by atoms with E-state index in [0.29, 0.717) is 11.1 Å². The Kier molecular flexibility index (Phi) is 7.07. The minimum atomic E-state index is -0.815. The number of hydrogen-bond donors (Lipinski definition) is 2. The molecule has 0 bridgehead atoms. The largest absolute Gasteiger partial charge is 0.448 e. The molecule has 0 radical (unpaired) electrons. The molecule has 0 aliphatic rings. The lowest BCUT2D eigenvalue weighted by atomic mass is 10.0. The Balaban J connectivity index is 1.59. The van der Waals surface area contributed by atoms with Crippen molar-refractivity contribution in [1.29, 1.82) is 0 Å². The third-order valence-corrected chi connectivity index (χ3v) is 5.49. The first-order chi connectivity index (χ1) is 18.9. The highest BCUT2D eigenvalue weighted by molar-refractivity contribution is 5.75. The third-order valence-electron chi connectivity index (χ3n) is 5.49. The number of hydrogen-bond acceptors (Lipinski definition) is 12. The number of rotatable bonds is 9. The maximum absolute atomic E-state index is 11.4. The number of benzene rings is 4. The number of nitro benzene ring substituents is 4. The summed E-state index contributed by atoms with van der Waals surface area (Å²) in [6, 6.07) is 14.9. The molecule has 4 N–H and O–H groups in total. The van der Waals surface area contributed by atoms with Gasteiger partial charge in [-0.05, 0) is 47.5 Å². The van der Waals surface area contributed by atoms with E-state index in [2.05, 4.69) is 0 Å². The number of nitrogens with zero attached hydrogens (tertiary/aromatic N) is 4. The van der Waals surface area contributed by atoms with Crippen LogP contribution in [0.2, 0.25) is 0 Å². The summed E-state index contributed by atoms with van der Waals surface area (Å²) in [4.78, 5) is 41.5. The molecule has 4 aromatic rings. The molecule has 4 aromatic carbocycles. The molecule has 4 rings (SSSR count). The van der Waals surface area contributed by atoms with Crippen molar-refractivity contribution in [3.63, 3.8) is 0 Å². The van der Waals surface area contributed by atoms with Gasteiger partial charge in [-0.15, -0.1) is 0 Å². The molecule has 16 nitrogen and oxygen atoms in total. The molecule has 0 spiro atoms. The minimum absolute atomic E-state index is 0.0547. The molecule has 0 saturated carbocycles. The second-order valence-electron chi connectivity index (χ2n) is 8.04. The van der Waals surface area contributed by atoms with Crippen molar-refractivity contribution < 1.29 is 29.2 Å². The first kappa shape index (κ1) is 26.7. The number of ether oxygens (including phenoxy) is 2. The summed E-state index contributed by atoms with van der Waals surface area (Å²) >= 11 is 0. The summed E-state index contributed by atoms with van der Waals surface area (Å²) in [6.45, 7) is 0. The Morgan fingerprint density at radius 1 is 0.475 bits per heavy atom. The van der Waals surface area contributed by atoms with E-state index in [1.165, 1.54) is 24.3 Å². The van der Waals surface area contributed by atoms with E-state index in [-0.39, 0.29) is 34.4 Å². The van der Waals surface area contributed by atoms with Crippen LogP contribution in [0.3, 0.4) is 0 Å². The van der Waals surface area contributed by atoms with E-state index in [1.807, 2.05) is 0 Å². The number of nitrogens with two attached hydrogens (primary N) is 2. The lowest BCUT2D eigenvalue weighted by Crippen LogP contribution is -1.99. The fourth-order valence-corrected chi connectivity index (χ4v) is 3.58. The average Bonchev–Trinajstić information content (AvgIpc) is 2.90. The molecule has 202 valence electrons. The van der Waals surface area contributed by atoms with Crippen LogP contribution in [0, 0.1) is 40.5 Å². The van der Waals surface area contributed by atoms with Crippen LogP contribution in [0.4, 0.5) is 34.1 Å². The lowest BCUT2D eigenvalue weighted by molar-refractivity contribution is -0.394. The van der Waals surface area contributed by atoms with Crippen LogP contribution in [0.5, 0.6) is 23.0 Å². The van der Waals surface area contributed by atoms with Crippen LogP contribution >= 0.6 is 0 Å². The van der Waals surface area contributed by atoms with Gasteiger partial charge < -0.3 is 20.9 Å². The predicted molar refractivity (Wildman–Crippen MR) is 140 cm³/mol. The maximum Gasteiger partial charge on any atom is 0.318 e. The molecule has 0 unspecified atom stereocenters. The summed E-state index contributed by atoms with van der Waals surface area (Å²) < 4.78 is 11.1. The highest BCUT2D eigenvalue weighted by Crippen LogP contribution is 2.40. The Morgan fingerprint density at radius 2 is 0.825 bits per heavy atom. The minimum Gasteiger partial charge on any atom is -0.448 e. The van der Waals surface area contributed by atoms with Gasteiger partial charge in [-0.3, -0.25) is 40.5 Å². The van der Waals surface area contributed by atoms with Gasteiger partial charge in [-0.25, -0.2) is 0 Å². The molecule has 0 fully saturated rings. The Morgan fingerprint density at radius 3 is 1.12 bits per heavy atom. The summed E-state index contributed by atoms with van der Waals surface area (Å²) in [7, 11) is 0. The van der Waals surface area contributed by atoms with Crippen LogP contribution in [0.1, 0.15) is 0 Å². The van der Waals surface area contributed by atoms with E-state index in [0.717, 1.165) is 36.4 Å². The van der Waals surface area contributed by atoms with Crippen LogP contribution in [0.25, 0.3) is 11.1 Å². The van der Waals surface area contributed by atoms with Crippen molar-refractivity contribution in [3.8, 4) is 34.1 Å². The first-order valence-corrected chi connectivity index (χ1v) is 11.0. The van der Waals surface area contributed by atoms with Crippen LogP contribution in [0.15, 0.2) is 72.8 Å². The number of nitrogen functional groups attached to an aromatic ring is 2. The molecule has 0 atom stereocenters. The van der Waals surface area contributed by atoms with Crippen LogP contribution < -0.4 is 20.9 Å². The van der Waals surface area contributed by atoms with Gasteiger partial charge in [0.1, 0.15) is 0 Å². The Bertz CT molecular complexity index is 1580. The number of nitro groups is 4. The van der Waals surface area contributed by atoms with Crippen molar-refractivity contribution in [2.24, 2.45) is 0 Å². The van der Waals surface area contributed by atoms with Gasteiger partial charge >= 0.3 is 11.4 Å². The predicted octanol–water partition coefficient (Wildman–Crippen LogP) is 5.74. The number of non-ortho nitro benzene ring substituents is 2. The van der Waals surface area contributed by atoms with Gasteiger partial charge in [0.05, 0.1) is 43.2 Å². The second-order valence-corrected chi connectivity index (χ2v) is 8.04. The van der Waals surface area contributed by atoms with Gasteiger partial charge in [0, 0.05) is 12.1 Å². The van der Waals surface area contributed by atoms with E-state index in [9.17, 15) is 40.5 Å². The quantitative estimate of drug-likeness (QED) is 0.144. The van der Waals surface area contributed by atoms with Crippen molar-refractivity contribution in [1.82, 2.24) is 0 Å². The second kappa shape index (κ2) is 10.6. The van der Waals surface area contributed by atoms with Crippen molar-refractivity contribution in [2.75, 3.05) is 11.5 Å². The van der Waals surface area contributed by atoms with Gasteiger partial charge in [-0.1, -0.05) is 12.1 Å². The fourth-order valence-electron chi connectivity index (χ4n) is 3.58. The summed E-state index contributed by atoms with van der Waals surface area (Å²) in [5.74, 6) is -0.388. The smallest absolute Gasteiger partial charge is 0.318 e. The highest BCUT2D eigenvalue weighted by atomic mass is 16.6. The molecule has 0 aromatic heterocycles. The average molecular weight is 548 g/mol. The van der Waals surface area contributed by atoms with Gasteiger partial charge in [0.15, 0.2) is 11.5 Å². The van der Waals surface area contributed by atoms with Crippen molar-refractivity contribution in [2.45, 2.75) is 0 Å². The molecule has 0 aliphatic heterocycles. The van der Waals surface area contributed by atoms with Crippen molar-refractivity contribution in [3.05, 3.63) is 113 Å². The van der Waals surface area contributed by atoms with E-state index in [4.69, 9.17) is 20.9 Å². The molecule has 40 heavy (non-hydrogen) atoms. The van der Waals surface area contributed by atoms with Crippen LogP contribution in [-0.2, 0) is 0 Å². The number of anilines is 2. The van der Waals surface area contributed by atoms with Gasteiger partial charge in [0.2, 0.25) is 11.5 Å². The zero-order chi connectivity index (χ0) is 29.1. The zero-order valence-corrected chi connectivity index (χ0v) is 20.0. The van der Waals surface area contributed by atoms with Gasteiger partial charge in [0.25, 0.3) is 11.4 Å². The summed E-state index contributed by atoms with van der Waals surface area (Å²) in [5, 5.41) is 44.6. The Hall–Kier alpha value is -6.32. The third kappa shape index (κ3) is 5.49. The zero-order valence-electron chi connectivity index (χ0n) is 20.0.